The van der Waals surface area contributed by atoms with Crippen LogP contribution in [0.3, 0.4) is 0 Å². The molecule has 2 N–H and O–H groups in total. The molecule has 3 atom stereocenters. The van der Waals surface area contributed by atoms with Gasteiger partial charge in [0.25, 0.3) is 0 Å². The first-order chi connectivity index (χ1) is 6.36. The maximum absolute atomic E-state index is 5.91. The molecule has 0 amide bonds. The molecule has 0 spiro atoms. The minimum atomic E-state index is 0.348. The van der Waals surface area contributed by atoms with Crippen LogP contribution in [0.4, 0.5) is 0 Å². The lowest BCUT2D eigenvalue weighted by molar-refractivity contribution is -0.0710. The summed E-state index contributed by atoms with van der Waals surface area (Å²) in [4.78, 5) is 0. The van der Waals surface area contributed by atoms with E-state index in [0.717, 1.165) is 32.7 Å². The van der Waals surface area contributed by atoms with E-state index in [0.29, 0.717) is 18.1 Å². The average molecular weight is 185 g/mol. The lowest BCUT2D eigenvalue weighted by Gasteiger charge is -2.35. The summed E-state index contributed by atoms with van der Waals surface area (Å²) >= 11 is 0. The summed E-state index contributed by atoms with van der Waals surface area (Å²) in [6.07, 6.45) is 4.83. The molecule has 76 valence electrons. The van der Waals surface area contributed by atoms with Crippen molar-refractivity contribution >= 4 is 0 Å². The highest BCUT2D eigenvalue weighted by Crippen LogP contribution is 2.25. The summed E-state index contributed by atoms with van der Waals surface area (Å²) in [7, 11) is 0. The third-order valence-corrected chi connectivity index (χ3v) is 3.08. The van der Waals surface area contributed by atoms with Crippen LogP contribution in [0.1, 0.15) is 25.7 Å². The van der Waals surface area contributed by atoms with E-state index in [1.165, 1.54) is 12.8 Å². The second-order valence-electron chi connectivity index (χ2n) is 4.17. The van der Waals surface area contributed by atoms with E-state index in [9.17, 15) is 0 Å². The van der Waals surface area contributed by atoms with Gasteiger partial charge in [-0.15, -0.1) is 0 Å². The van der Waals surface area contributed by atoms with Crippen molar-refractivity contribution in [1.82, 2.24) is 0 Å². The normalized spacial score (nSPS) is 41.8. The maximum Gasteiger partial charge on any atom is 0.0640 e. The van der Waals surface area contributed by atoms with Gasteiger partial charge in [0, 0.05) is 25.2 Å². The van der Waals surface area contributed by atoms with E-state index < -0.39 is 0 Å². The highest BCUT2D eigenvalue weighted by Gasteiger charge is 2.29. The second kappa shape index (κ2) is 4.40. The number of rotatable bonds is 1. The van der Waals surface area contributed by atoms with Crippen LogP contribution in [0.2, 0.25) is 0 Å². The van der Waals surface area contributed by atoms with E-state index in [4.69, 9.17) is 15.2 Å². The first kappa shape index (κ1) is 9.44. The average Bonchev–Trinajstić information content (AvgIpc) is 2.19. The molecule has 3 nitrogen and oxygen atoms in total. The molecule has 3 heteroatoms. The Bertz CT molecular complexity index is 157. The summed E-state index contributed by atoms with van der Waals surface area (Å²) in [6.45, 7) is 2.63. The van der Waals surface area contributed by atoms with Crippen molar-refractivity contribution < 1.29 is 9.47 Å². The van der Waals surface area contributed by atoms with Crippen molar-refractivity contribution in [3.05, 3.63) is 0 Å². The van der Waals surface area contributed by atoms with Gasteiger partial charge in [0.15, 0.2) is 0 Å². The fourth-order valence-corrected chi connectivity index (χ4v) is 2.24. The number of nitrogens with two attached hydrogens (primary N) is 1. The molecule has 2 fully saturated rings. The van der Waals surface area contributed by atoms with Crippen LogP contribution < -0.4 is 5.73 Å². The van der Waals surface area contributed by atoms with Crippen LogP contribution in [0.15, 0.2) is 0 Å². The fraction of sp³-hybridized carbons (Fsp3) is 1.00. The van der Waals surface area contributed by atoms with Crippen LogP contribution in [0.25, 0.3) is 0 Å². The van der Waals surface area contributed by atoms with Gasteiger partial charge in [-0.05, 0) is 25.7 Å². The minimum absolute atomic E-state index is 0.348. The zero-order chi connectivity index (χ0) is 9.10. The Kier molecular flexibility index (Phi) is 3.19. The summed E-state index contributed by atoms with van der Waals surface area (Å²) in [6, 6.07) is 0.348. The van der Waals surface area contributed by atoms with Crippen molar-refractivity contribution in [3.8, 4) is 0 Å². The Morgan fingerprint density at radius 1 is 1.15 bits per heavy atom. The Labute approximate surface area is 79.6 Å². The molecular weight excluding hydrogens is 166 g/mol. The van der Waals surface area contributed by atoms with E-state index in [1.807, 2.05) is 0 Å². The van der Waals surface area contributed by atoms with Crippen LogP contribution in [-0.4, -0.2) is 32.0 Å². The first-order valence-electron chi connectivity index (χ1n) is 5.31. The van der Waals surface area contributed by atoms with Crippen LogP contribution in [0.5, 0.6) is 0 Å². The van der Waals surface area contributed by atoms with Gasteiger partial charge in [-0.2, -0.15) is 0 Å². The molecule has 2 aliphatic heterocycles. The lowest BCUT2D eigenvalue weighted by Crippen LogP contribution is -2.41. The second-order valence-corrected chi connectivity index (χ2v) is 4.17. The summed E-state index contributed by atoms with van der Waals surface area (Å²) in [5, 5.41) is 0. The van der Waals surface area contributed by atoms with Crippen molar-refractivity contribution in [2.45, 2.75) is 37.8 Å². The van der Waals surface area contributed by atoms with Gasteiger partial charge in [0.2, 0.25) is 0 Å². The van der Waals surface area contributed by atoms with Crippen LogP contribution in [-0.2, 0) is 9.47 Å². The van der Waals surface area contributed by atoms with Crippen molar-refractivity contribution in [3.63, 3.8) is 0 Å². The van der Waals surface area contributed by atoms with Crippen molar-refractivity contribution in [2.75, 3.05) is 19.8 Å². The molecule has 0 aromatic carbocycles. The molecule has 0 aromatic heterocycles. The molecular formula is C10H19NO2. The largest absolute Gasteiger partial charge is 0.381 e. The molecule has 2 rings (SSSR count). The molecule has 2 aliphatic rings. The standard InChI is InChI=1S/C10H19NO2/c11-9-3-5-13-10(6-9)8-2-1-4-12-7-8/h8-10H,1-7,11H2. The van der Waals surface area contributed by atoms with E-state index >= 15 is 0 Å². The van der Waals surface area contributed by atoms with Gasteiger partial charge in [-0.25, -0.2) is 0 Å². The van der Waals surface area contributed by atoms with Crippen molar-refractivity contribution in [1.29, 1.82) is 0 Å². The lowest BCUT2D eigenvalue weighted by atomic mass is 9.89. The Balaban J connectivity index is 1.83. The molecule has 3 unspecified atom stereocenters. The predicted molar refractivity (Wildman–Crippen MR) is 50.5 cm³/mol. The highest BCUT2D eigenvalue weighted by molar-refractivity contribution is 4.80. The van der Waals surface area contributed by atoms with Crippen molar-refractivity contribution in [2.24, 2.45) is 11.7 Å². The van der Waals surface area contributed by atoms with Gasteiger partial charge >= 0.3 is 0 Å². The zero-order valence-corrected chi connectivity index (χ0v) is 8.08. The Morgan fingerprint density at radius 2 is 2.08 bits per heavy atom. The summed E-state index contributed by atoms with van der Waals surface area (Å²) < 4.78 is 11.2. The van der Waals surface area contributed by atoms with Crippen LogP contribution in [0, 0.1) is 5.92 Å². The number of hydrogen-bond acceptors (Lipinski definition) is 3. The van der Waals surface area contributed by atoms with Gasteiger partial charge in [-0.1, -0.05) is 0 Å². The summed E-state index contributed by atoms with van der Waals surface area (Å²) in [5.74, 6) is 0.597. The van der Waals surface area contributed by atoms with Gasteiger partial charge in [-0.3, -0.25) is 0 Å². The monoisotopic (exact) mass is 185 g/mol. The Hall–Kier alpha value is -0.120. The molecule has 0 aliphatic carbocycles. The maximum atomic E-state index is 5.91. The molecule has 2 heterocycles. The topological polar surface area (TPSA) is 44.5 Å². The summed E-state index contributed by atoms with van der Waals surface area (Å²) in [5.41, 5.74) is 5.91. The number of ether oxygens (including phenoxy) is 2. The van der Waals surface area contributed by atoms with E-state index in [2.05, 4.69) is 0 Å². The number of hydrogen-bond donors (Lipinski definition) is 1. The fourth-order valence-electron chi connectivity index (χ4n) is 2.24. The SMILES string of the molecule is NC1CCOC(C2CCCOC2)C1. The first-order valence-corrected chi connectivity index (χ1v) is 5.31. The van der Waals surface area contributed by atoms with Gasteiger partial charge in [0.1, 0.15) is 0 Å². The molecule has 13 heavy (non-hydrogen) atoms. The van der Waals surface area contributed by atoms with E-state index in [1.54, 1.807) is 0 Å². The Morgan fingerprint density at radius 3 is 2.77 bits per heavy atom. The molecule has 2 saturated heterocycles. The van der Waals surface area contributed by atoms with Gasteiger partial charge in [0.05, 0.1) is 12.7 Å². The predicted octanol–water partition coefficient (Wildman–Crippen LogP) is 0.919. The molecule has 0 saturated carbocycles. The minimum Gasteiger partial charge on any atom is -0.381 e. The quantitative estimate of drug-likeness (QED) is 0.660. The highest BCUT2D eigenvalue weighted by atomic mass is 16.5. The van der Waals surface area contributed by atoms with E-state index in [-0.39, 0.29) is 0 Å². The molecule has 0 bridgehead atoms. The smallest absolute Gasteiger partial charge is 0.0640 e. The zero-order valence-electron chi connectivity index (χ0n) is 8.08. The van der Waals surface area contributed by atoms with Gasteiger partial charge < -0.3 is 15.2 Å². The molecule has 0 aromatic rings. The third-order valence-electron chi connectivity index (χ3n) is 3.08. The third kappa shape index (κ3) is 2.42. The van der Waals surface area contributed by atoms with Crippen LogP contribution >= 0.6 is 0 Å². The molecule has 0 radical (unpaired) electrons.